The summed E-state index contributed by atoms with van der Waals surface area (Å²) < 4.78 is 3.17. The lowest BCUT2D eigenvalue weighted by Crippen LogP contribution is -2.02. The van der Waals surface area contributed by atoms with Crippen LogP contribution in [-0.2, 0) is 6.54 Å². The molecule has 0 aliphatic rings. The highest BCUT2D eigenvalue weighted by molar-refractivity contribution is 9.10. The summed E-state index contributed by atoms with van der Waals surface area (Å²) >= 11 is 3.47. The molecule has 0 aliphatic carbocycles. The Kier molecular flexibility index (Phi) is 4.23. The number of aliphatic hydroxyl groups is 1. The van der Waals surface area contributed by atoms with Crippen molar-refractivity contribution < 1.29 is 5.11 Å². The van der Waals surface area contributed by atoms with E-state index >= 15 is 0 Å². The van der Waals surface area contributed by atoms with Crippen molar-refractivity contribution in [3.05, 3.63) is 71.3 Å². The summed E-state index contributed by atoms with van der Waals surface area (Å²) in [6, 6.07) is 20.7. The molecule has 2 nitrogen and oxygen atoms in total. The topological polar surface area (TPSA) is 25.2 Å². The summed E-state index contributed by atoms with van der Waals surface area (Å²) in [6.07, 6.45) is 2.04. The number of hydrogen-bond donors (Lipinski definition) is 1. The Hall–Kier alpha value is -1.84. The van der Waals surface area contributed by atoms with E-state index in [0.717, 1.165) is 15.7 Å². The summed E-state index contributed by atoms with van der Waals surface area (Å²) in [5.41, 5.74) is 4.66. The van der Waals surface area contributed by atoms with Crippen molar-refractivity contribution >= 4 is 15.9 Å². The van der Waals surface area contributed by atoms with Crippen molar-refractivity contribution in [2.24, 2.45) is 0 Å². The van der Waals surface area contributed by atoms with Crippen LogP contribution >= 0.6 is 15.9 Å². The highest BCUT2D eigenvalue weighted by Crippen LogP contribution is 2.33. The summed E-state index contributed by atoms with van der Waals surface area (Å²) in [5.74, 6) is 0. The van der Waals surface area contributed by atoms with Crippen LogP contribution in [0.1, 0.15) is 0 Å². The number of nitrogens with zero attached hydrogens (tertiary/aromatic N) is 1. The molecular weight excluding hydrogens is 326 g/mol. The Morgan fingerprint density at radius 3 is 2.24 bits per heavy atom. The SMILES string of the molecule is OCCn1ccc(-c2ccccc2)c1-c1ccc(Br)cc1. The van der Waals surface area contributed by atoms with Gasteiger partial charge in [-0.05, 0) is 29.3 Å². The van der Waals surface area contributed by atoms with Gasteiger partial charge < -0.3 is 9.67 Å². The molecule has 0 bridgehead atoms. The van der Waals surface area contributed by atoms with Gasteiger partial charge in [0.25, 0.3) is 0 Å². The fraction of sp³-hybridized carbons (Fsp3) is 0.111. The maximum absolute atomic E-state index is 9.29. The van der Waals surface area contributed by atoms with Crippen molar-refractivity contribution in [3.8, 4) is 22.4 Å². The molecule has 1 heterocycles. The normalized spacial score (nSPS) is 10.8. The van der Waals surface area contributed by atoms with Gasteiger partial charge in [-0.25, -0.2) is 0 Å². The van der Waals surface area contributed by atoms with Gasteiger partial charge in [0.05, 0.1) is 12.3 Å². The number of benzene rings is 2. The number of hydrogen-bond acceptors (Lipinski definition) is 1. The van der Waals surface area contributed by atoms with E-state index in [1.807, 2.05) is 36.5 Å². The number of rotatable bonds is 4. The van der Waals surface area contributed by atoms with Gasteiger partial charge in [0.2, 0.25) is 0 Å². The van der Waals surface area contributed by atoms with Gasteiger partial charge in [-0.3, -0.25) is 0 Å². The van der Waals surface area contributed by atoms with E-state index < -0.39 is 0 Å². The third-order valence-electron chi connectivity index (χ3n) is 3.51. The third-order valence-corrected chi connectivity index (χ3v) is 4.04. The van der Waals surface area contributed by atoms with Crippen molar-refractivity contribution in [1.29, 1.82) is 0 Å². The first kappa shape index (κ1) is 14.1. The zero-order valence-corrected chi connectivity index (χ0v) is 13.1. The lowest BCUT2D eigenvalue weighted by atomic mass is 10.0. The van der Waals surface area contributed by atoms with E-state index in [1.54, 1.807) is 0 Å². The Bertz CT molecular complexity index is 717. The van der Waals surface area contributed by atoms with Crippen molar-refractivity contribution in [1.82, 2.24) is 4.57 Å². The van der Waals surface area contributed by atoms with Crippen molar-refractivity contribution in [3.63, 3.8) is 0 Å². The van der Waals surface area contributed by atoms with Crippen LogP contribution in [0.2, 0.25) is 0 Å². The molecule has 3 rings (SSSR count). The smallest absolute Gasteiger partial charge is 0.0610 e. The van der Waals surface area contributed by atoms with E-state index in [0.29, 0.717) is 6.54 Å². The molecule has 2 aromatic carbocycles. The molecule has 3 aromatic rings. The Balaban J connectivity index is 2.16. The second-order valence-corrected chi connectivity index (χ2v) is 5.78. The van der Waals surface area contributed by atoms with Crippen molar-refractivity contribution in [2.75, 3.05) is 6.61 Å². The average molecular weight is 342 g/mol. The Morgan fingerprint density at radius 2 is 1.57 bits per heavy atom. The van der Waals surface area contributed by atoms with E-state index in [1.165, 1.54) is 11.1 Å². The quantitative estimate of drug-likeness (QED) is 0.738. The maximum atomic E-state index is 9.29. The van der Waals surface area contributed by atoms with Crippen molar-refractivity contribution in [2.45, 2.75) is 6.54 Å². The Labute approximate surface area is 132 Å². The summed E-state index contributed by atoms with van der Waals surface area (Å²) in [5, 5.41) is 9.29. The second kappa shape index (κ2) is 6.29. The fourth-order valence-electron chi connectivity index (χ4n) is 2.55. The lowest BCUT2D eigenvalue weighted by molar-refractivity contribution is 0.277. The van der Waals surface area contributed by atoms with Crippen LogP contribution in [0.4, 0.5) is 0 Å². The van der Waals surface area contributed by atoms with E-state index in [-0.39, 0.29) is 6.61 Å². The first-order chi connectivity index (χ1) is 10.3. The van der Waals surface area contributed by atoms with E-state index in [9.17, 15) is 5.11 Å². The molecule has 0 saturated heterocycles. The highest BCUT2D eigenvalue weighted by atomic mass is 79.9. The highest BCUT2D eigenvalue weighted by Gasteiger charge is 2.12. The van der Waals surface area contributed by atoms with Gasteiger partial charge in [-0.1, -0.05) is 58.4 Å². The van der Waals surface area contributed by atoms with Crippen LogP contribution in [0.15, 0.2) is 71.3 Å². The number of aromatic nitrogens is 1. The van der Waals surface area contributed by atoms with E-state index in [4.69, 9.17) is 0 Å². The van der Waals surface area contributed by atoms with Gasteiger partial charge in [0, 0.05) is 22.8 Å². The molecule has 0 unspecified atom stereocenters. The third kappa shape index (κ3) is 2.94. The molecule has 0 saturated carbocycles. The van der Waals surface area contributed by atoms with Gasteiger partial charge in [0.15, 0.2) is 0 Å². The van der Waals surface area contributed by atoms with Crippen LogP contribution in [0.5, 0.6) is 0 Å². The number of halogens is 1. The van der Waals surface area contributed by atoms with Gasteiger partial charge in [0.1, 0.15) is 0 Å². The molecule has 106 valence electrons. The minimum absolute atomic E-state index is 0.131. The molecule has 21 heavy (non-hydrogen) atoms. The standard InChI is InChI=1S/C18H16BrNO/c19-16-8-6-15(7-9-16)18-17(10-11-20(18)12-13-21)14-4-2-1-3-5-14/h1-11,21H,12-13H2. The molecule has 3 heteroatoms. The van der Waals surface area contributed by atoms with Gasteiger partial charge in [-0.15, -0.1) is 0 Å². The molecule has 0 atom stereocenters. The molecule has 1 aromatic heterocycles. The molecule has 0 radical (unpaired) electrons. The molecule has 0 fully saturated rings. The summed E-state index contributed by atoms with van der Waals surface area (Å²) in [6.45, 7) is 0.727. The fourth-order valence-corrected chi connectivity index (χ4v) is 2.81. The van der Waals surface area contributed by atoms with Crippen LogP contribution in [0.3, 0.4) is 0 Å². The first-order valence-electron chi connectivity index (χ1n) is 6.91. The van der Waals surface area contributed by atoms with E-state index in [2.05, 4.69) is 50.8 Å². The second-order valence-electron chi connectivity index (χ2n) is 4.87. The van der Waals surface area contributed by atoms with Crippen LogP contribution < -0.4 is 0 Å². The first-order valence-corrected chi connectivity index (χ1v) is 7.70. The molecule has 0 amide bonds. The monoisotopic (exact) mass is 341 g/mol. The number of aliphatic hydroxyl groups excluding tert-OH is 1. The lowest BCUT2D eigenvalue weighted by Gasteiger charge is -2.11. The van der Waals surface area contributed by atoms with Gasteiger partial charge in [-0.2, -0.15) is 0 Å². The molecule has 0 spiro atoms. The molecule has 0 aliphatic heterocycles. The average Bonchev–Trinajstić information content (AvgIpc) is 2.93. The minimum Gasteiger partial charge on any atom is -0.395 e. The zero-order chi connectivity index (χ0) is 14.7. The zero-order valence-electron chi connectivity index (χ0n) is 11.5. The maximum Gasteiger partial charge on any atom is 0.0610 e. The Morgan fingerprint density at radius 1 is 0.857 bits per heavy atom. The van der Waals surface area contributed by atoms with Crippen LogP contribution in [0, 0.1) is 0 Å². The predicted molar refractivity (Wildman–Crippen MR) is 90.1 cm³/mol. The van der Waals surface area contributed by atoms with Gasteiger partial charge >= 0.3 is 0 Å². The molecule has 1 N–H and O–H groups in total. The summed E-state index contributed by atoms with van der Waals surface area (Å²) in [7, 11) is 0. The van der Waals surface area contributed by atoms with Crippen LogP contribution in [-0.4, -0.2) is 16.3 Å². The predicted octanol–water partition coefficient (Wildman–Crippen LogP) is 4.58. The largest absolute Gasteiger partial charge is 0.395 e. The minimum atomic E-state index is 0.131. The van der Waals surface area contributed by atoms with Crippen LogP contribution in [0.25, 0.3) is 22.4 Å². The molecular formula is C18H16BrNO. The summed E-state index contributed by atoms with van der Waals surface area (Å²) in [4.78, 5) is 0.